The van der Waals surface area contributed by atoms with Crippen LogP contribution in [-0.4, -0.2) is 52.0 Å². The lowest BCUT2D eigenvalue weighted by Crippen LogP contribution is -2.49. The van der Waals surface area contributed by atoms with Crippen LogP contribution >= 0.6 is 11.6 Å². The van der Waals surface area contributed by atoms with E-state index in [1.165, 1.54) is 12.1 Å². The third-order valence-corrected chi connectivity index (χ3v) is 5.45. The van der Waals surface area contributed by atoms with Crippen LogP contribution in [0.4, 0.5) is 4.39 Å². The molecule has 29 heavy (non-hydrogen) atoms. The van der Waals surface area contributed by atoms with Crippen LogP contribution in [-0.2, 0) is 0 Å². The molecule has 2 heterocycles. The van der Waals surface area contributed by atoms with E-state index in [1.54, 1.807) is 4.90 Å². The van der Waals surface area contributed by atoms with E-state index in [-0.39, 0.29) is 17.0 Å². The fourth-order valence-corrected chi connectivity index (χ4v) is 3.66. The van der Waals surface area contributed by atoms with E-state index < -0.39 is 5.82 Å². The molecule has 1 amide bonds. The Morgan fingerprint density at radius 1 is 1.14 bits per heavy atom. The van der Waals surface area contributed by atoms with Crippen molar-refractivity contribution in [2.45, 2.75) is 13.0 Å². The standard InChI is InChI=1S/C21H20ClFN4O2/c1-14(20-24-19(25-29-20)15-5-3-2-4-6-15)26-9-11-27(12-10-26)21(28)17-8-7-16(23)13-18(17)22/h2-8,13-14H,9-12H2,1H3. The normalized spacial score (nSPS) is 16.0. The lowest BCUT2D eigenvalue weighted by atomic mass is 10.1. The second-order valence-corrected chi connectivity index (χ2v) is 7.36. The van der Waals surface area contributed by atoms with Crippen molar-refractivity contribution in [3.05, 3.63) is 70.8 Å². The molecule has 0 bridgehead atoms. The maximum atomic E-state index is 13.2. The Balaban J connectivity index is 1.39. The highest BCUT2D eigenvalue weighted by atomic mass is 35.5. The van der Waals surface area contributed by atoms with Gasteiger partial charge in [-0.25, -0.2) is 4.39 Å². The van der Waals surface area contributed by atoms with Gasteiger partial charge in [-0.2, -0.15) is 4.98 Å². The first-order chi connectivity index (χ1) is 14.0. The fraction of sp³-hybridized carbons (Fsp3) is 0.286. The van der Waals surface area contributed by atoms with Crippen molar-refractivity contribution in [1.29, 1.82) is 0 Å². The lowest BCUT2D eigenvalue weighted by Gasteiger charge is -2.36. The Hall–Kier alpha value is -2.77. The average molecular weight is 415 g/mol. The fourth-order valence-electron chi connectivity index (χ4n) is 3.41. The van der Waals surface area contributed by atoms with Crippen LogP contribution in [0.5, 0.6) is 0 Å². The number of aromatic nitrogens is 2. The highest BCUT2D eigenvalue weighted by Gasteiger charge is 2.28. The van der Waals surface area contributed by atoms with Crippen molar-refractivity contribution in [2.75, 3.05) is 26.2 Å². The molecule has 1 saturated heterocycles. The van der Waals surface area contributed by atoms with Crippen LogP contribution in [0.15, 0.2) is 53.1 Å². The molecule has 1 unspecified atom stereocenters. The molecule has 8 heteroatoms. The Labute approximate surface area is 172 Å². The summed E-state index contributed by atoms with van der Waals surface area (Å²) in [6.07, 6.45) is 0. The number of rotatable bonds is 4. The van der Waals surface area contributed by atoms with E-state index >= 15 is 0 Å². The molecule has 2 aromatic carbocycles. The highest BCUT2D eigenvalue weighted by molar-refractivity contribution is 6.33. The van der Waals surface area contributed by atoms with E-state index in [9.17, 15) is 9.18 Å². The predicted molar refractivity (Wildman–Crippen MR) is 107 cm³/mol. The number of carbonyl (C=O) groups is 1. The number of hydrogen-bond acceptors (Lipinski definition) is 5. The van der Waals surface area contributed by atoms with E-state index in [1.807, 2.05) is 37.3 Å². The van der Waals surface area contributed by atoms with E-state index in [0.717, 1.165) is 11.6 Å². The number of amides is 1. The maximum Gasteiger partial charge on any atom is 0.255 e. The summed E-state index contributed by atoms with van der Waals surface area (Å²) in [5.74, 6) is 0.462. The topological polar surface area (TPSA) is 62.5 Å². The van der Waals surface area contributed by atoms with Gasteiger partial charge in [-0.05, 0) is 25.1 Å². The predicted octanol–water partition coefficient (Wildman–Crippen LogP) is 4.05. The molecule has 1 aromatic heterocycles. The van der Waals surface area contributed by atoms with Gasteiger partial charge in [-0.3, -0.25) is 9.69 Å². The molecule has 0 saturated carbocycles. The molecule has 1 atom stereocenters. The van der Waals surface area contributed by atoms with Gasteiger partial charge >= 0.3 is 0 Å². The zero-order valence-electron chi connectivity index (χ0n) is 15.9. The van der Waals surface area contributed by atoms with Crippen molar-refractivity contribution < 1.29 is 13.7 Å². The van der Waals surface area contributed by atoms with Crippen molar-refractivity contribution in [3.63, 3.8) is 0 Å². The molecule has 1 aliphatic heterocycles. The SMILES string of the molecule is CC(c1nc(-c2ccccc2)no1)N1CCN(C(=O)c2ccc(F)cc2Cl)CC1. The van der Waals surface area contributed by atoms with Gasteiger partial charge in [0.25, 0.3) is 5.91 Å². The second kappa shape index (κ2) is 8.31. The zero-order chi connectivity index (χ0) is 20.4. The number of piperazine rings is 1. The molecule has 150 valence electrons. The van der Waals surface area contributed by atoms with Gasteiger partial charge in [-0.1, -0.05) is 47.1 Å². The molecule has 3 aromatic rings. The van der Waals surface area contributed by atoms with Crippen LogP contribution in [0.2, 0.25) is 5.02 Å². The van der Waals surface area contributed by atoms with Crippen molar-refractivity contribution in [1.82, 2.24) is 19.9 Å². The van der Waals surface area contributed by atoms with Crippen LogP contribution in [0.3, 0.4) is 0 Å². The zero-order valence-corrected chi connectivity index (χ0v) is 16.6. The third-order valence-electron chi connectivity index (χ3n) is 5.14. The summed E-state index contributed by atoms with van der Waals surface area (Å²) in [5, 5.41) is 4.21. The second-order valence-electron chi connectivity index (χ2n) is 6.95. The molecule has 1 aliphatic rings. The Morgan fingerprint density at radius 2 is 1.86 bits per heavy atom. The van der Waals surface area contributed by atoms with Crippen LogP contribution < -0.4 is 0 Å². The molecule has 6 nitrogen and oxygen atoms in total. The number of nitrogens with zero attached hydrogens (tertiary/aromatic N) is 4. The van der Waals surface area contributed by atoms with Gasteiger partial charge in [0, 0.05) is 31.7 Å². The molecule has 0 N–H and O–H groups in total. The summed E-state index contributed by atoms with van der Waals surface area (Å²) in [7, 11) is 0. The van der Waals surface area contributed by atoms with Crippen LogP contribution in [0.1, 0.15) is 29.2 Å². The molecular weight excluding hydrogens is 395 g/mol. The first-order valence-corrected chi connectivity index (χ1v) is 9.78. The smallest absolute Gasteiger partial charge is 0.255 e. The van der Waals surface area contributed by atoms with Crippen molar-refractivity contribution in [2.24, 2.45) is 0 Å². The largest absolute Gasteiger partial charge is 0.337 e. The number of carbonyl (C=O) groups excluding carboxylic acids is 1. The summed E-state index contributed by atoms with van der Waals surface area (Å²) < 4.78 is 18.7. The minimum absolute atomic E-state index is 0.0633. The molecule has 0 aliphatic carbocycles. The summed E-state index contributed by atoms with van der Waals surface area (Å²) in [5.41, 5.74) is 1.22. The van der Waals surface area contributed by atoms with Gasteiger partial charge in [0.2, 0.25) is 11.7 Å². The van der Waals surface area contributed by atoms with Gasteiger partial charge < -0.3 is 9.42 Å². The van der Waals surface area contributed by atoms with Crippen LogP contribution in [0.25, 0.3) is 11.4 Å². The third kappa shape index (κ3) is 4.16. The Bertz CT molecular complexity index is 1000. The van der Waals surface area contributed by atoms with Gasteiger partial charge in [0.15, 0.2) is 0 Å². The summed E-state index contributed by atoms with van der Waals surface area (Å²) in [6.45, 7) is 4.41. The molecule has 4 rings (SSSR count). The molecule has 0 radical (unpaired) electrons. The molecular formula is C21H20ClFN4O2. The first kappa shape index (κ1) is 19.5. The van der Waals surface area contributed by atoms with Crippen molar-refractivity contribution in [3.8, 4) is 11.4 Å². The molecule has 0 spiro atoms. The summed E-state index contributed by atoms with van der Waals surface area (Å²) >= 11 is 6.03. The quantitative estimate of drug-likeness (QED) is 0.644. The van der Waals surface area contributed by atoms with Crippen molar-refractivity contribution >= 4 is 17.5 Å². The summed E-state index contributed by atoms with van der Waals surface area (Å²) in [6, 6.07) is 13.4. The monoisotopic (exact) mass is 414 g/mol. The number of benzene rings is 2. The van der Waals surface area contributed by atoms with E-state index in [0.29, 0.717) is 43.5 Å². The first-order valence-electron chi connectivity index (χ1n) is 9.40. The number of halogens is 2. The Morgan fingerprint density at radius 3 is 2.55 bits per heavy atom. The van der Waals surface area contributed by atoms with Gasteiger partial charge in [-0.15, -0.1) is 0 Å². The molecule has 1 fully saturated rings. The summed E-state index contributed by atoms with van der Waals surface area (Å²) in [4.78, 5) is 21.1. The highest BCUT2D eigenvalue weighted by Crippen LogP contribution is 2.25. The van der Waals surface area contributed by atoms with Gasteiger partial charge in [0.1, 0.15) is 5.82 Å². The maximum absolute atomic E-state index is 13.2. The van der Waals surface area contributed by atoms with Gasteiger partial charge in [0.05, 0.1) is 16.6 Å². The average Bonchev–Trinajstić information content (AvgIpc) is 3.24. The van der Waals surface area contributed by atoms with Crippen LogP contribution in [0, 0.1) is 5.82 Å². The van der Waals surface area contributed by atoms with E-state index in [4.69, 9.17) is 16.1 Å². The minimum atomic E-state index is -0.459. The minimum Gasteiger partial charge on any atom is -0.337 e. The lowest BCUT2D eigenvalue weighted by molar-refractivity contribution is 0.0552. The number of hydrogen-bond donors (Lipinski definition) is 0. The van der Waals surface area contributed by atoms with E-state index in [2.05, 4.69) is 15.0 Å². The Kier molecular flexibility index (Phi) is 5.60.